The molecule has 0 radical (unpaired) electrons. The Kier molecular flexibility index (Phi) is 6.11. The van der Waals surface area contributed by atoms with Crippen LogP contribution < -0.4 is 11.5 Å². The lowest BCUT2D eigenvalue weighted by Gasteiger charge is -2.22. The Balaban J connectivity index is 2.84. The average molecular weight is 267 g/mol. The highest BCUT2D eigenvalue weighted by atomic mass is 16.5. The van der Waals surface area contributed by atoms with Gasteiger partial charge in [0.05, 0.1) is 13.2 Å². The number of anilines is 2. The number of benzene rings is 1. The van der Waals surface area contributed by atoms with Gasteiger partial charge >= 0.3 is 0 Å². The number of carbonyl (C=O) groups excluding carboxylic acids is 1. The van der Waals surface area contributed by atoms with E-state index in [4.69, 9.17) is 20.9 Å². The molecule has 1 aromatic carbocycles. The van der Waals surface area contributed by atoms with Crippen LogP contribution in [-0.4, -0.2) is 51.3 Å². The van der Waals surface area contributed by atoms with Crippen molar-refractivity contribution in [3.8, 4) is 0 Å². The molecule has 0 aromatic heterocycles. The molecule has 1 amide bonds. The minimum atomic E-state index is -0.131. The third-order valence-electron chi connectivity index (χ3n) is 2.64. The molecule has 0 fully saturated rings. The van der Waals surface area contributed by atoms with Gasteiger partial charge in [0.2, 0.25) is 0 Å². The molecular weight excluding hydrogens is 246 g/mol. The highest BCUT2D eigenvalue weighted by Gasteiger charge is 2.16. The van der Waals surface area contributed by atoms with E-state index in [1.807, 2.05) is 0 Å². The number of nitrogen functional groups attached to an aromatic ring is 2. The van der Waals surface area contributed by atoms with E-state index in [2.05, 4.69) is 0 Å². The van der Waals surface area contributed by atoms with Crippen molar-refractivity contribution in [1.29, 1.82) is 0 Å². The predicted molar refractivity (Wildman–Crippen MR) is 74.9 cm³/mol. The molecule has 0 saturated heterocycles. The van der Waals surface area contributed by atoms with Crippen LogP contribution >= 0.6 is 0 Å². The highest BCUT2D eigenvalue weighted by molar-refractivity contribution is 5.96. The zero-order chi connectivity index (χ0) is 14.3. The highest BCUT2D eigenvalue weighted by Crippen LogP contribution is 2.15. The summed E-state index contributed by atoms with van der Waals surface area (Å²) >= 11 is 0. The number of ether oxygens (including phenoxy) is 2. The summed E-state index contributed by atoms with van der Waals surface area (Å²) in [6.07, 6.45) is 0. The zero-order valence-electron chi connectivity index (χ0n) is 11.4. The molecule has 1 aromatic rings. The molecular formula is C13H21N3O3. The lowest BCUT2D eigenvalue weighted by atomic mass is 10.1. The van der Waals surface area contributed by atoms with Crippen molar-refractivity contribution in [2.24, 2.45) is 0 Å². The van der Waals surface area contributed by atoms with E-state index in [-0.39, 0.29) is 5.91 Å². The number of rotatable bonds is 7. The van der Waals surface area contributed by atoms with E-state index in [0.29, 0.717) is 43.2 Å². The van der Waals surface area contributed by atoms with Crippen LogP contribution in [0.15, 0.2) is 18.2 Å². The van der Waals surface area contributed by atoms with Crippen LogP contribution in [0.3, 0.4) is 0 Å². The van der Waals surface area contributed by atoms with Crippen LogP contribution in [0, 0.1) is 0 Å². The summed E-state index contributed by atoms with van der Waals surface area (Å²) in [5, 5.41) is 0. The minimum absolute atomic E-state index is 0.131. The van der Waals surface area contributed by atoms with Gasteiger partial charge < -0.3 is 25.8 Å². The van der Waals surface area contributed by atoms with Crippen LogP contribution in [-0.2, 0) is 9.47 Å². The molecule has 19 heavy (non-hydrogen) atoms. The van der Waals surface area contributed by atoms with Gasteiger partial charge in [-0.15, -0.1) is 0 Å². The summed E-state index contributed by atoms with van der Waals surface area (Å²) in [6.45, 7) is 1.92. The molecule has 0 saturated carbocycles. The van der Waals surface area contributed by atoms with Gasteiger partial charge in [0, 0.05) is 44.2 Å². The number of carbonyl (C=O) groups is 1. The van der Waals surface area contributed by atoms with Crippen molar-refractivity contribution in [2.75, 3.05) is 52.0 Å². The second-order valence-corrected chi connectivity index (χ2v) is 4.17. The number of amides is 1. The maximum absolute atomic E-state index is 12.4. The van der Waals surface area contributed by atoms with Gasteiger partial charge in [0.15, 0.2) is 0 Å². The number of hydrogen-bond acceptors (Lipinski definition) is 5. The van der Waals surface area contributed by atoms with E-state index in [0.717, 1.165) is 0 Å². The molecule has 0 unspecified atom stereocenters. The second kappa shape index (κ2) is 7.60. The molecule has 106 valence electrons. The SMILES string of the molecule is COCCN(CCOC)C(=O)c1cc(N)cc(N)c1. The Bertz CT molecular complexity index is 395. The Morgan fingerprint density at radius 3 is 1.95 bits per heavy atom. The number of methoxy groups -OCH3 is 2. The number of hydrogen-bond donors (Lipinski definition) is 2. The van der Waals surface area contributed by atoms with Gasteiger partial charge in [0.25, 0.3) is 5.91 Å². The average Bonchev–Trinajstić information content (AvgIpc) is 2.37. The van der Waals surface area contributed by atoms with Crippen LogP contribution in [0.4, 0.5) is 11.4 Å². The van der Waals surface area contributed by atoms with Crippen LogP contribution in [0.25, 0.3) is 0 Å². The molecule has 0 spiro atoms. The van der Waals surface area contributed by atoms with Gasteiger partial charge in [-0.1, -0.05) is 0 Å². The number of nitrogens with two attached hydrogens (primary N) is 2. The normalized spacial score (nSPS) is 10.4. The molecule has 4 N–H and O–H groups in total. The summed E-state index contributed by atoms with van der Waals surface area (Å²) < 4.78 is 10.0. The molecule has 1 rings (SSSR count). The van der Waals surface area contributed by atoms with Crippen molar-refractivity contribution in [3.63, 3.8) is 0 Å². The van der Waals surface area contributed by atoms with Gasteiger partial charge in [-0.2, -0.15) is 0 Å². The predicted octanol–water partition coefficient (Wildman–Crippen LogP) is 0.586. The molecule has 6 heteroatoms. The Morgan fingerprint density at radius 1 is 1.05 bits per heavy atom. The summed E-state index contributed by atoms with van der Waals surface area (Å²) in [4.78, 5) is 14.0. The van der Waals surface area contributed by atoms with E-state index in [1.165, 1.54) is 0 Å². The fourth-order valence-electron chi connectivity index (χ4n) is 1.70. The fraction of sp³-hybridized carbons (Fsp3) is 0.462. The van der Waals surface area contributed by atoms with E-state index in [9.17, 15) is 4.79 Å². The largest absolute Gasteiger partial charge is 0.399 e. The first kappa shape index (κ1) is 15.3. The van der Waals surface area contributed by atoms with E-state index >= 15 is 0 Å². The quantitative estimate of drug-likeness (QED) is 0.705. The minimum Gasteiger partial charge on any atom is -0.399 e. The first-order valence-electron chi connectivity index (χ1n) is 6.01. The number of nitrogens with zero attached hydrogens (tertiary/aromatic N) is 1. The summed E-state index contributed by atoms with van der Waals surface area (Å²) in [5.74, 6) is -0.131. The molecule has 6 nitrogen and oxygen atoms in total. The maximum atomic E-state index is 12.4. The van der Waals surface area contributed by atoms with Crippen molar-refractivity contribution in [3.05, 3.63) is 23.8 Å². The Hall–Kier alpha value is -1.79. The molecule has 0 aliphatic rings. The summed E-state index contributed by atoms with van der Waals surface area (Å²) in [5.41, 5.74) is 12.8. The van der Waals surface area contributed by atoms with Crippen molar-refractivity contribution in [1.82, 2.24) is 4.90 Å². The molecule has 0 heterocycles. The first-order chi connectivity index (χ1) is 9.08. The molecule has 0 bridgehead atoms. The first-order valence-corrected chi connectivity index (χ1v) is 6.01. The second-order valence-electron chi connectivity index (χ2n) is 4.17. The Labute approximate surface area is 113 Å². The van der Waals surface area contributed by atoms with Crippen molar-refractivity contribution < 1.29 is 14.3 Å². The summed E-state index contributed by atoms with van der Waals surface area (Å²) in [6, 6.07) is 4.85. The molecule has 0 aliphatic heterocycles. The van der Waals surface area contributed by atoms with Gasteiger partial charge in [-0.05, 0) is 18.2 Å². The molecule has 0 aliphatic carbocycles. The topological polar surface area (TPSA) is 90.8 Å². The molecule has 0 atom stereocenters. The van der Waals surface area contributed by atoms with Gasteiger partial charge in [-0.3, -0.25) is 4.79 Å². The van der Waals surface area contributed by atoms with Crippen LogP contribution in [0.2, 0.25) is 0 Å². The smallest absolute Gasteiger partial charge is 0.254 e. The van der Waals surface area contributed by atoms with Gasteiger partial charge in [0.1, 0.15) is 0 Å². The standard InChI is InChI=1S/C13H21N3O3/c1-18-5-3-16(4-6-19-2)13(17)10-7-11(14)9-12(15)8-10/h7-9H,3-6,14-15H2,1-2H3. The summed E-state index contributed by atoms with van der Waals surface area (Å²) in [7, 11) is 3.19. The lowest BCUT2D eigenvalue weighted by molar-refractivity contribution is 0.0627. The van der Waals surface area contributed by atoms with Crippen molar-refractivity contribution in [2.45, 2.75) is 0 Å². The zero-order valence-corrected chi connectivity index (χ0v) is 11.4. The van der Waals surface area contributed by atoms with Crippen molar-refractivity contribution >= 4 is 17.3 Å². The van der Waals surface area contributed by atoms with Gasteiger partial charge in [-0.25, -0.2) is 0 Å². The lowest BCUT2D eigenvalue weighted by Crippen LogP contribution is -2.36. The monoisotopic (exact) mass is 267 g/mol. The maximum Gasteiger partial charge on any atom is 0.254 e. The Morgan fingerprint density at radius 2 is 1.53 bits per heavy atom. The third kappa shape index (κ3) is 4.76. The fourth-order valence-corrected chi connectivity index (χ4v) is 1.70. The van der Waals surface area contributed by atoms with Crippen LogP contribution in [0.1, 0.15) is 10.4 Å². The third-order valence-corrected chi connectivity index (χ3v) is 2.64. The van der Waals surface area contributed by atoms with E-state index in [1.54, 1.807) is 37.3 Å². The van der Waals surface area contributed by atoms with Crippen LogP contribution in [0.5, 0.6) is 0 Å². The van der Waals surface area contributed by atoms with E-state index < -0.39 is 0 Å².